The molecule has 4 aromatic heterocycles. The first-order valence-electron chi connectivity index (χ1n) is 50.5. The van der Waals surface area contributed by atoms with Gasteiger partial charge in [-0.1, -0.05) is 266 Å². The molecule has 0 aliphatic carbocycles. The largest absolute Gasteiger partial charge is 0.309 e. The summed E-state index contributed by atoms with van der Waals surface area (Å²) in [6.07, 6.45) is 0. The number of hydrogen-bond donors (Lipinski definition) is 0. The van der Waals surface area contributed by atoms with Crippen LogP contribution in [0.2, 0.25) is 0 Å². The predicted octanol–water partition coefficient (Wildman–Crippen LogP) is 17.2. The van der Waals surface area contributed by atoms with Crippen molar-refractivity contribution in [2.45, 2.75) is 0 Å². The van der Waals surface area contributed by atoms with Crippen molar-refractivity contribution in [3.63, 3.8) is 0 Å². The van der Waals surface area contributed by atoms with E-state index >= 15 is 0 Å². The zero-order valence-corrected chi connectivity index (χ0v) is 45.1. The van der Waals surface area contributed by atoms with Gasteiger partial charge in [0, 0.05) is 49.1 Å². The van der Waals surface area contributed by atoms with Crippen molar-refractivity contribution in [1.82, 2.24) is 28.7 Å². The number of para-hydroxylation sites is 6. The van der Waals surface area contributed by atoms with Crippen LogP contribution in [0.1, 0.15) is 67.2 Å². The average Bonchev–Trinajstić information content (AvgIpc) is 1.63. The highest BCUT2D eigenvalue weighted by molar-refractivity contribution is 7.20. The maximum atomic E-state index is 11.2. The van der Waals surface area contributed by atoms with Gasteiger partial charge in [0.05, 0.1) is 106 Å². The summed E-state index contributed by atoms with van der Waals surface area (Å²) >= 11 is 0. The average molecular weight is 1190 g/mol. The summed E-state index contributed by atoms with van der Waals surface area (Å²) < 4.78 is 469. The molecule has 412 valence electrons. The van der Waals surface area contributed by atoms with Crippen molar-refractivity contribution in [1.29, 1.82) is 0 Å². The van der Waals surface area contributed by atoms with Crippen LogP contribution in [0.15, 0.2) is 326 Å². The van der Waals surface area contributed by atoms with Gasteiger partial charge in [-0.2, -0.15) is 9.97 Å². The lowest BCUT2D eigenvalue weighted by Crippen LogP contribution is -2.74. The van der Waals surface area contributed by atoms with E-state index in [2.05, 4.69) is 0 Å². The normalized spacial score (nSPS) is 19.7. The van der Waals surface area contributed by atoms with E-state index in [1.807, 2.05) is 0 Å². The Morgan fingerprint density at radius 3 is 1.26 bits per heavy atom. The minimum absolute atomic E-state index is 0.489. The van der Waals surface area contributed by atoms with Crippen LogP contribution in [0.4, 0.5) is 0 Å². The molecule has 0 saturated carbocycles. The number of fused-ring (bicyclic) bond motifs is 9. The molecule has 0 bridgehead atoms. The highest BCUT2D eigenvalue weighted by Crippen LogP contribution is 2.39. The molecule has 7 heteroatoms. The van der Waals surface area contributed by atoms with Gasteiger partial charge in [-0.15, -0.1) is 0 Å². The standard InChI is InChI=1S/C81H54N6Si/c1-4-23-55(24-5-1)57-43-48-62(49-44-57)88(61-28-8-3-9-29-61,63-50-45-58(46-51-63)56-25-6-2-7-26-56)64-30-22-27-59(53-64)79-82-80(70-36-15-21-42-77(70)86-74-39-18-12-33-67(74)68-34-13-19-40-75(68)86)84-81(83-79)87-76-41-20-14-35-69(76)71-54-60(47-52-78(71)87)85-72-37-16-10-31-65(72)66-32-11-17-38-73(66)85/h1-54H/i1D,2D,4D,5D,6D,7D,10D,11D,12D,13D,14D,15D,16D,17D,18D,19D,20D,21D,22D,23D,24D,25D,26D,27D,30D,31D,32D,33D,34D,35D,36D,37D,38D,39D,40D,41D,42D,43D,44D,45D,46D,47D,48D,49D,50D,51D,52D,53D,54D. The Morgan fingerprint density at radius 1 is 0.273 bits per heavy atom. The van der Waals surface area contributed by atoms with Gasteiger partial charge in [-0.3, -0.25) is 4.57 Å². The fraction of sp³-hybridized carbons (Fsp3) is 0. The lowest BCUT2D eigenvalue weighted by molar-refractivity contribution is 0.951. The van der Waals surface area contributed by atoms with E-state index in [0.717, 1.165) is 12.1 Å². The Morgan fingerprint density at radius 2 is 0.705 bits per heavy atom. The van der Waals surface area contributed by atoms with Crippen molar-refractivity contribution in [3.8, 4) is 62.4 Å². The lowest BCUT2D eigenvalue weighted by Gasteiger charge is -2.35. The number of rotatable bonds is 11. The summed E-state index contributed by atoms with van der Waals surface area (Å²) in [6.45, 7) is 0. The fourth-order valence-electron chi connectivity index (χ4n) is 10.6. The molecular weight excluding hydrogens is 1090 g/mol. The van der Waals surface area contributed by atoms with E-state index in [-0.39, 0.29) is 0 Å². The van der Waals surface area contributed by atoms with Crippen molar-refractivity contribution >= 4 is 94.2 Å². The second-order valence-electron chi connectivity index (χ2n) is 18.9. The molecule has 0 aliphatic rings. The smallest absolute Gasteiger partial charge is 0.238 e. The van der Waals surface area contributed by atoms with Gasteiger partial charge in [-0.25, -0.2) is 4.98 Å². The Bertz CT molecular complexity index is 8170. The van der Waals surface area contributed by atoms with Gasteiger partial charge in [-0.05, 0) is 103 Å². The number of benzene rings is 13. The molecule has 88 heavy (non-hydrogen) atoms. The van der Waals surface area contributed by atoms with Crippen LogP contribution in [0.25, 0.3) is 128 Å². The molecule has 0 amide bonds. The highest BCUT2D eigenvalue weighted by atomic mass is 28.3. The first-order valence-corrected chi connectivity index (χ1v) is 28.0. The minimum Gasteiger partial charge on any atom is -0.309 e. The Kier molecular flexibility index (Phi) is 5.18. The van der Waals surface area contributed by atoms with E-state index in [9.17, 15) is 42.5 Å². The van der Waals surface area contributed by atoms with Crippen molar-refractivity contribution < 1.29 is 67.2 Å². The Hall–Kier alpha value is -11.5. The molecule has 6 nitrogen and oxygen atoms in total. The fourth-order valence-corrected chi connectivity index (χ4v) is 14.4. The van der Waals surface area contributed by atoms with E-state index in [1.54, 1.807) is 0 Å². The molecule has 4 heterocycles. The lowest BCUT2D eigenvalue weighted by atomic mass is 10.1. The van der Waals surface area contributed by atoms with Crippen LogP contribution < -0.4 is 20.7 Å². The number of hydrogen-bond acceptors (Lipinski definition) is 3. The van der Waals surface area contributed by atoms with Gasteiger partial charge in [0.15, 0.2) is 19.7 Å². The quantitative estimate of drug-likeness (QED) is 0.0958. The molecule has 0 fully saturated rings. The zero-order chi connectivity index (χ0) is 101. The van der Waals surface area contributed by atoms with Crippen molar-refractivity contribution in [3.05, 3.63) is 326 Å². The topological polar surface area (TPSA) is 53.5 Å². The second kappa shape index (κ2) is 20.9. The summed E-state index contributed by atoms with van der Waals surface area (Å²) in [7, 11) is -6.54. The predicted molar refractivity (Wildman–Crippen MR) is 368 cm³/mol. The van der Waals surface area contributed by atoms with Gasteiger partial charge in [0.1, 0.15) is 0 Å². The molecule has 0 N–H and O–H groups in total. The van der Waals surface area contributed by atoms with E-state index in [4.69, 9.17) is 39.6 Å². The van der Waals surface area contributed by atoms with Gasteiger partial charge < -0.3 is 9.13 Å². The molecular formula is C81H54N6Si. The van der Waals surface area contributed by atoms with Crippen LogP contribution in [0, 0.1) is 0 Å². The molecule has 0 spiro atoms. The summed E-state index contributed by atoms with van der Waals surface area (Å²) in [5.74, 6) is -4.15. The molecule has 0 radical (unpaired) electrons. The Labute approximate surface area is 578 Å². The summed E-state index contributed by atoms with van der Waals surface area (Å²) in [5.41, 5.74) is -14.2. The maximum absolute atomic E-state index is 11.2. The van der Waals surface area contributed by atoms with E-state index in [1.165, 1.54) is 18.2 Å². The summed E-state index contributed by atoms with van der Waals surface area (Å²) in [5, 5.41) is -8.74. The van der Waals surface area contributed by atoms with Crippen LogP contribution >= 0.6 is 0 Å². The van der Waals surface area contributed by atoms with Gasteiger partial charge in [0.2, 0.25) is 5.95 Å². The summed E-state index contributed by atoms with van der Waals surface area (Å²) in [4.78, 5) is 14.2. The number of nitrogens with zero attached hydrogens (tertiary/aromatic N) is 6. The monoisotopic (exact) mass is 1190 g/mol. The molecule has 17 rings (SSSR count). The zero-order valence-electron chi connectivity index (χ0n) is 93.1. The van der Waals surface area contributed by atoms with Gasteiger partial charge >= 0.3 is 0 Å². The SMILES string of the molecule is [2H]c1c([2H])c([2H])c(-c2c([2H])c([2H])c([Si](c3ccccc3)(c3c([2H])c([2H])c(-c4c([2H])c([2H])c([2H])c([2H])c4[2H])c([2H])c3[2H])c3c([2H])c([2H])c([2H])c(-c4nc(-c5c([2H])c([2H])c([2H])c([2H])c5-n5c6c([2H])c([2H])c([2H])c([2H])c6c6c([2H])c([2H])c([2H])c([2H])c65)nc(-n5c6c([2H])c([2H])c([2H])c([2H])c6c6c([2H])c(-n7c8c([2H])c([2H])c([2H])c([2H])c8c8c([2H])c([2H])c([2H])c([2H])c87)c([2H])c([2H])c65)n4)c3[2H])c([2H])c2[2H])c([2H])c1[2H]. The van der Waals surface area contributed by atoms with Crippen LogP contribution in [0.5, 0.6) is 0 Å². The molecule has 0 atom stereocenters. The van der Waals surface area contributed by atoms with Gasteiger partial charge in [0.25, 0.3) is 0 Å². The van der Waals surface area contributed by atoms with Crippen LogP contribution in [0.3, 0.4) is 0 Å². The van der Waals surface area contributed by atoms with Crippen molar-refractivity contribution in [2.24, 2.45) is 0 Å². The molecule has 0 aliphatic heterocycles. The molecule has 0 unspecified atom stereocenters. The van der Waals surface area contributed by atoms with Crippen molar-refractivity contribution in [2.75, 3.05) is 0 Å². The van der Waals surface area contributed by atoms with E-state index in [0.29, 0.717) is 13.7 Å². The summed E-state index contributed by atoms with van der Waals surface area (Å²) in [6, 6.07) is -52.1. The minimum atomic E-state index is -6.54. The third-order valence-electron chi connectivity index (χ3n) is 14.3. The first-order chi connectivity index (χ1) is 64.0. The molecule has 13 aromatic carbocycles. The first kappa shape index (κ1) is 21.8. The third kappa shape index (κ3) is 8.20. The van der Waals surface area contributed by atoms with Crippen LogP contribution in [-0.2, 0) is 0 Å². The number of aromatic nitrogens is 6. The van der Waals surface area contributed by atoms with E-state index < -0.39 is 453 Å². The molecule has 17 aromatic rings. The Balaban J connectivity index is 1.13. The molecule has 0 saturated heterocycles. The third-order valence-corrected chi connectivity index (χ3v) is 18.5. The second-order valence-corrected chi connectivity index (χ2v) is 22.5. The van der Waals surface area contributed by atoms with Crippen LogP contribution in [-0.4, -0.2) is 36.7 Å². The highest BCUT2D eigenvalue weighted by Gasteiger charge is 2.42. The maximum Gasteiger partial charge on any atom is 0.238 e.